The van der Waals surface area contributed by atoms with Crippen LogP contribution in [0, 0.1) is 0 Å². The molecule has 2 amide bonds. The van der Waals surface area contributed by atoms with Crippen molar-refractivity contribution >= 4 is 23.4 Å². The lowest BCUT2D eigenvalue weighted by atomic mass is 9.94. The van der Waals surface area contributed by atoms with Crippen molar-refractivity contribution in [1.29, 1.82) is 0 Å². The lowest BCUT2D eigenvalue weighted by molar-refractivity contribution is -0.139. The van der Waals surface area contributed by atoms with Gasteiger partial charge in [-0.25, -0.2) is 0 Å². The number of methoxy groups -OCH3 is 1. The highest BCUT2D eigenvalue weighted by atomic mass is 35.5. The van der Waals surface area contributed by atoms with Crippen LogP contribution in [-0.4, -0.2) is 48.9 Å². The highest BCUT2D eigenvalue weighted by Crippen LogP contribution is 2.33. The summed E-state index contributed by atoms with van der Waals surface area (Å²) in [4.78, 5) is 27.7. The maximum absolute atomic E-state index is 13.4. The number of hydrogen-bond acceptors (Lipinski definition) is 4. The summed E-state index contributed by atoms with van der Waals surface area (Å²) in [7, 11) is 1.57. The number of benzene rings is 1. The summed E-state index contributed by atoms with van der Waals surface area (Å²) >= 11 is 5.91. The van der Waals surface area contributed by atoms with E-state index in [4.69, 9.17) is 21.1 Å². The minimum absolute atomic E-state index is 0.150. The Labute approximate surface area is 185 Å². The van der Waals surface area contributed by atoms with Gasteiger partial charge in [0.15, 0.2) is 11.5 Å². The molecule has 0 bridgehead atoms. The smallest absolute Gasteiger partial charge is 0.247 e. The van der Waals surface area contributed by atoms with E-state index in [1.165, 1.54) is 6.42 Å². The average molecular weight is 439 g/mol. The van der Waals surface area contributed by atoms with Gasteiger partial charge >= 0.3 is 0 Å². The van der Waals surface area contributed by atoms with Crippen molar-refractivity contribution in [2.24, 2.45) is 0 Å². The van der Waals surface area contributed by atoms with E-state index in [0.29, 0.717) is 30.2 Å². The molecule has 2 rings (SSSR count). The molecule has 1 aliphatic rings. The number of unbranched alkanes of at least 4 members (excludes halogenated alkanes) is 1. The van der Waals surface area contributed by atoms with E-state index >= 15 is 0 Å². The van der Waals surface area contributed by atoms with Crippen LogP contribution < -0.4 is 14.8 Å². The molecule has 0 unspecified atom stereocenters. The van der Waals surface area contributed by atoms with Gasteiger partial charge in [0, 0.05) is 12.6 Å². The molecule has 1 aromatic carbocycles. The van der Waals surface area contributed by atoms with Gasteiger partial charge in [0.05, 0.1) is 13.7 Å². The lowest BCUT2D eigenvalue weighted by Crippen LogP contribution is -2.47. The van der Waals surface area contributed by atoms with Crippen molar-refractivity contribution in [3.05, 3.63) is 23.8 Å². The van der Waals surface area contributed by atoms with E-state index in [9.17, 15) is 9.59 Å². The van der Waals surface area contributed by atoms with Gasteiger partial charge in [-0.1, -0.05) is 38.7 Å². The van der Waals surface area contributed by atoms with Crippen LogP contribution in [0.3, 0.4) is 0 Å². The maximum atomic E-state index is 13.4. The quantitative estimate of drug-likeness (QED) is 0.518. The molecule has 30 heavy (non-hydrogen) atoms. The number of halogens is 1. The van der Waals surface area contributed by atoms with E-state index in [2.05, 4.69) is 12.2 Å². The van der Waals surface area contributed by atoms with Gasteiger partial charge in [-0.2, -0.15) is 0 Å². The Morgan fingerprint density at radius 2 is 1.93 bits per heavy atom. The molecule has 7 heteroatoms. The first-order valence-corrected chi connectivity index (χ1v) is 11.6. The van der Waals surface area contributed by atoms with Crippen LogP contribution in [0.25, 0.3) is 0 Å². The molecule has 1 aliphatic carbocycles. The summed E-state index contributed by atoms with van der Waals surface area (Å²) in [6.07, 6.45) is 7.10. The standard InChI is InChI=1S/C23H35ClN2O4/c1-4-6-14-26(21(27)16-24)22(23(28)25-18-10-8-7-9-11-18)17-12-13-19(30-5-2)20(15-17)29-3/h12-13,15,18,22H,4-11,14,16H2,1-3H3,(H,25,28)/t22-/m0/s1. The normalized spacial score (nSPS) is 15.3. The molecule has 6 nitrogen and oxygen atoms in total. The third kappa shape index (κ3) is 6.53. The molecule has 1 atom stereocenters. The van der Waals surface area contributed by atoms with E-state index in [1.54, 1.807) is 24.1 Å². The number of nitrogens with zero attached hydrogens (tertiary/aromatic N) is 1. The Morgan fingerprint density at radius 3 is 2.53 bits per heavy atom. The number of carbonyl (C=O) groups excluding carboxylic acids is 2. The zero-order valence-corrected chi connectivity index (χ0v) is 19.2. The van der Waals surface area contributed by atoms with Gasteiger partial charge in [-0.3, -0.25) is 9.59 Å². The maximum Gasteiger partial charge on any atom is 0.247 e. The summed E-state index contributed by atoms with van der Waals surface area (Å²) in [5, 5.41) is 3.18. The molecular formula is C23H35ClN2O4. The van der Waals surface area contributed by atoms with Crippen molar-refractivity contribution in [1.82, 2.24) is 10.2 Å². The molecule has 0 radical (unpaired) electrons. The molecule has 0 aliphatic heterocycles. The summed E-state index contributed by atoms with van der Waals surface area (Å²) in [6.45, 7) is 4.94. The third-order valence-electron chi connectivity index (χ3n) is 5.50. The first kappa shape index (κ1) is 24.3. The van der Waals surface area contributed by atoms with Crippen LogP contribution in [-0.2, 0) is 9.59 Å². The highest BCUT2D eigenvalue weighted by molar-refractivity contribution is 6.27. The van der Waals surface area contributed by atoms with Gasteiger partial charge in [-0.05, 0) is 43.9 Å². The van der Waals surface area contributed by atoms with E-state index in [-0.39, 0.29) is 23.7 Å². The van der Waals surface area contributed by atoms with Crippen LogP contribution >= 0.6 is 11.6 Å². The summed E-state index contributed by atoms with van der Waals surface area (Å²) < 4.78 is 11.1. The fourth-order valence-electron chi connectivity index (χ4n) is 3.93. The first-order valence-electron chi connectivity index (χ1n) is 11.0. The number of carbonyl (C=O) groups is 2. The topological polar surface area (TPSA) is 67.9 Å². The van der Waals surface area contributed by atoms with E-state index < -0.39 is 6.04 Å². The lowest BCUT2D eigenvalue weighted by Gasteiger charge is -2.33. The SMILES string of the molecule is CCCCN(C(=O)CCl)[C@H](C(=O)NC1CCCCC1)c1ccc(OCC)c(OC)c1. The minimum atomic E-state index is -0.755. The summed E-state index contributed by atoms with van der Waals surface area (Å²) in [6, 6.07) is 4.81. The number of hydrogen-bond donors (Lipinski definition) is 1. The second kappa shape index (κ2) is 12.7. The predicted molar refractivity (Wildman–Crippen MR) is 119 cm³/mol. The number of alkyl halides is 1. The second-order valence-electron chi connectivity index (χ2n) is 7.66. The van der Waals surface area contributed by atoms with Gasteiger partial charge in [0.25, 0.3) is 0 Å². The molecule has 168 valence electrons. The molecule has 1 N–H and O–H groups in total. The molecule has 0 saturated heterocycles. The number of ether oxygens (including phenoxy) is 2. The molecule has 0 heterocycles. The van der Waals surface area contributed by atoms with E-state index in [0.717, 1.165) is 38.5 Å². The van der Waals surface area contributed by atoms with Crippen LogP contribution in [0.15, 0.2) is 18.2 Å². The third-order valence-corrected chi connectivity index (χ3v) is 5.73. The van der Waals surface area contributed by atoms with Crippen molar-refractivity contribution in [2.75, 3.05) is 26.1 Å². The Morgan fingerprint density at radius 1 is 1.20 bits per heavy atom. The fraction of sp³-hybridized carbons (Fsp3) is 0.652. The number of nitrogens with one attached hydrogen (secondary N) is 1. The van der Waals surface area contributed by atoms with Crippen LogP contribution in [0.1, 0.15) is 70.4 Å². The molecule has 0 aromatic heterocycles. The van der Waals surface area contributed by atoms with Gasteiger partial charge in [-0.15, -0.1) is 11.6 Å². The molecule has 1 fully saturated rings. The average Bonchev–Trinajstić information content (AvgIpc) is 2.77. The van der Waals surface area contributed by atoms with E-state index in [1.807, 2.05) is 13.0 Å². The Kier molecular flexibility index (Phi) is 10.3. The van der Waals surface area contributed by atoms with Crippen molar-refractivity contribution in [2.45, 2.75) is 70.9 Å². The molecule has 0 spiro atoms. The largest absolute Gasteiger partial charge is 0.493 e. The Hall–Kier alpha value is -1.95. The zero-order valence-electron chi connectivity index (χ0n) is 18.4. The van der Waals surface area contributed by atoms with Gasteiger partial charge in [0.1, 0.15) is 11.9 Å². The molecule has 1 saturated carbocycles. The van der Waals surface area contributed by atoms with Crippen LogP contribution in [0.5, 0.6) is 11.5 Å². The number of rotatable bonds is 11. The monoisotopic (exact) mass is 438 g/mol. The highest BCUT2D eigenvalue weighted by Gasteiger charge is 2.32. The zero-order chi connectivity index (χ0) is 21.9. The van der Waals surface area contributed by atoms with Crippen molar-refractivity contribution in [3.8, 4) is 11.5 Å². The van der Waals surface area contributed by atoms with Gasteiger partial charge < -0.3 is 19.7 Å². The molecule has 1 aromatic rings. The summed E-state index contributed by atoms with van der Waals surface area (Å²) in [5.74, 6) is 0.576. The van der Waals surface area contributed by atoms with Crippen molar-refractivity contribution in [3.63, 3.8) is 0 Å². The second-order valence-corrected chi connectivity index (χ2v) is 7.93. The first-order chi connectivity index (χ1) is 14.5. The predicted octanol–water partition coefficient (Wildman–Crippen LogP) is 4.45. The molecular weight excluding hydrogens is 404 g/mol. The van der Waals surface area contributed by atoms with Crippen LogP contribution in [0.4, 0.5) is 0 Å². The fourth-order valence-corrected chi connectivity index (χ4v) is 4.09. The van der Waals surface area contributed by atoms with Gasteiger partial charge in [0.2, 0.25) is 11.8 Å². The Balaban J connectivity index is 2.40. The van der Waals surface area contributed by atoms with Crippen LogP contribution in [0.2, 0.25) is 0 Å². The number of amides is 2. The Bertz CT molecular complexity index is 692. The minimum Gasteiger partial charge on any atom is -0.493 e. The van der Waals surface area contributed by atoms with Crippen molar-refractivity contribution < 1.29 is 19.1 Å². The summed E-state index contributed by atoms with van der Waals surface area (Å²) in [5.41, 5.74) is 0.693.